The smallest absolute Gasteiger partial charge is 4.00 e. The third-order valence-corrected chi connectivity index (χ3v) is 8.32. The van der Waals surface area contributed by atoms with Gasteiger partial charge in [-0.25, -0.2) is 0 Å². The second kappa shape index (κ2) is 5.45. The van der Waals surface area contributed by atoms with Crippen LogP contribution >= 0.6 is 17.2 Å². The van der Waals surface area contributed by atoms with Crippen LogP contribution < -0.4 is 0 Å². The van der Waals surface area contributed by atoms with Gasteiger partial charge in [0.15, 0.2) is 0 Å². The van der Waals surface area contributed by atoms with E-state index >= 15 is 0 Å². The molecule has 1 aliphatic rings. The van der Waals surface area contributed by atoms with Gasteiger partial charge in [0.05, 0.1) is 0 Å². The van der Waals surface area contributed by atoms with E-state index in [2.05, 4.69) is 12.2 Å². The predicted octanol–water partition coefficient (Wildman–Crippen LogP) is 2.82. The van der Waals surface area contributed by atoms with Crippen molar-refractivity contribution in [3.63, 3.8) is 0 Å². The van der Waals surface area contributed by atoms with E-state index in [1.54, 1.807) is 0 Å². The van der Waals surface area contributed by atoms with E-state index in [0.717, 1.165) is 0 Å². The van der Waals surface area contributed by atoms with Gasteiger partial charge in [-0.15, -0.1) is 0 Å². The maximum Gasteiger partial charge on any atom is 4.00 e. The number of hydrogen-bond acceptors (Lipinski definition) is 0. The zero-order chi connectivity index (χ0) is 5.98. The first-order valence-electron chi connectivity index (χ1n) is 2.33. The van der Waals surface area contributed by atoms with Crippen molar-refractivity contribution in [3.8, 4) is 0 Å². The molecule has 0 aromatic carbocycles. The molecular formula is C5H5Cl2Hf2+5. The summed E-state index contributed by atoms with van der Waals surface area (Å²) in [5, 5.41) is 0. The molecule has 0 nitrogen and oxygen atoms in total. The molecule has 0 N–H and O–H groups in total. The third kappa shape index (κ3) is 3.64. The molecule has 0 atom stereocenters. The summed E-state index contributed by atoms with van der Waals surface area (Å²) >= 11 is -2.07. The van der Waals surface area contributed by atoms with Crippen LogP contribution in [0.4, 0.5) is 0 Å². The van der Waals surface area contributed by atoms with Gasteiger partial charge in [-0.05, 0) is 0 Å². The molecule has 9 heavy (non-hydrogen) atoms. The van der Waals surface area contributed by atoms with Crippen LogP contribution in [0.1, 0.15) is 0 Å². The average molecular weight is 493 g/mol. The first-order chi connectivity index (χ1) is 3.80. The largest absolute Gasteiger partial charge is 4.00 e. The van der Waals surface area contributed by atoms with Gasteiger partial charge in [0.25, 0.3) is 0 Å². The molecule has 0 aliphatic heterocycles. The van der Waals surface area contributed by atoms with E-state index in [0.29, 0.717) is 3.67 Å². The summed E-state index contributed by atoms with van der Waals surface area (Å²) in [6.07, 6.45) is 8.14. The van der Waals surface area contributed by atoms with Crippen molar-refractivity contribution in [2.45, 2.75) is 3.67 Å². The second-order valence-corrected chi connectivity index (χ2v) is 14.3. The van der Waals surface area contributed by atoms with Crippen LogP contribution in [0.25, 0.3) is 0 Å². The Labute approximate surface area is 88.8 Å². The van der Waals surface area contributed by atoms with Crippen LogP contribution in [0.2, 0.25) is 3.67 Å². The fourth-order valence-electron chi connectivity index (χ4n) is 0.577. The van der Waals surface area contributed by atoms with E-state index in [1.165, 1.54) is 0 Å². The predicted molar refractivity (Wildman–Crippen MR) is 33.7 cm³/mol. The van der Waals surface area contributed by atoms with Crippen molar-refractivity contribution in [1.29, 1.82) is 0 Å². The first-order valence-corrected chi connectivity index (χ1v) is 13.3. The molecule has 0 spiro atoms. The van der Waals surface area contributed by atoms with Crippen LogP contribution in [0, 0.1) is 0 Å². The quantitative estimate of drug-likeness (QED) is 0.494. The van der Waals surface area contributed by atoms with E-state index in [-0.39, 0.29) is 25.8 Å². The molecule has 0 unspecified atom stereocenters. The molecule has 0 amide bonds. The van der Waals surface area contributed by atoms with Gasteiger partial charge in [-0.3, -0.25) is 0 Å². The standard InChI is InChI=1S/C5H5.2ClH.2Hf/c1-2-4-5-3-1;;;;/h1-5H;2*1H;;/q;;;+3;+4/p-2. The molecule has 0 aromatic rings. The maximum atomic E-state index is 5.76. The monoisotopic (exact) mass is 495 g/mol. The van der Waals surface area contributed by atoms with Gasteiger partial charge in [-0.2, -0.15) is 0 Å². The van der Waals surface area contributed by atoms with Crippen LogP contribution in [0.3, 0.4) is 0 Å². The van der Waals surface area contributed by atoms with Crippen molar-refractivity contribution in [3.05, 3.63) is 24.3 Å². The third-order valence-electron chi connectivity index (χ3n) is 1.000. The van der Waals surface area contributed by atoms with Crippen molar-refractivity contribution >= 4 is 17.2 Å². The molecule has 1 aliphatic carbocycles. The van der Waals surface area contributed by atoms with Crippen LogP contribution in [-0.4, -0.2) is 0 Å². The molecule has 0 fully saturated rings. The molecule has 0 saturated carbocycles. The normalized spacial score (nSPS) is 15.8. The van der Waals surface area contributed by atoms with E-state index in [1.807, 2.05) is 12.2 Å². The Morgan fingerprint density at radius 3 is 1.78 bits per heavy atom. The van der Waals surface area contributed by atoms with Crippen molar-refractivity contribution in [2.75, 3.05) is 0 Å². The summed E-state index contributed by atoms with van der Waals surface area (Å²) in [5.41, 5.74) is 0. The summed E-state index contributed by atoms with van der Waals surface area (Å²) in [6, 6.07) is 0. The number of rotatable bonds is 1. The van der Waals surface area contributed by atoms with E-state index in [4.69, 9.17) is 17.2 Å². The van der Waals surface area contributed by atoms with Gasteiger partial charge >= 0.3 is 90.0 Å². The number of hydrogen-bond donors (Lipinski definition) is 0. The Hall–Kier alpha value is 1.80. The van der Waals surface area contributed by atoms with Gasteiger partial charge in [0.2, 0.25) is 0 Å². The van der Waals surface area contributed by atoms with Crippen LogP contribution in [0.5, 0.6) is 0 Å². The average Bonchev–Trinajstić information content (AvgIpc) is 2.12. The Morgan fingerprint density at radius 1 is 1.11 bits per heavy atom. The van der Waals surface area contributed by atoms with E-state index < -0.39 is 19.1 Å². The Morgan fingerprint density at radius 2 is 1.56 bits per heavy atom. The minimum absolute atomic E-state index is 0. The fraction of sp³-hybridized carbons (Fsp3) is 0.200. The summed E-state index contributed by atoms with van der Waals surface area (Å²) in [4.78, 5) is 0. The second-order valence-electron chi connectivity index (χ2n) is 1.59. The molecule has 0 heterocycles. The molecule has 0 bridgehead atoms. The molecule has 0 saturated heterocycles. The molecule has 42 valence electrons. The van der Waals surface area contributed by atoms with Crippen LogP contribution in [-0.2, 0) is 44.9 Å². The maximum absolute atomic E-state index is 5.76. The zero-order valence-corrected chi connectivity index (χ0v) is 13.3. The molecule has 0 radical (unpaired) electrons. The minimum atomic E-state index is -2.07. The van der Waals surface area contributed by atoms with Gasteiger partial charge in [0.1, 0.15) is 0 Å². The minimum Gasteiger partial charge on any atom is 4.00 e. The summed E-state index contributed by atoms with van der Waals surface area (Å²) in [7, 11) is 11.5. The topological polar surface area (TPSA) is 0 Å². The summed E-state index contributed by atoms with van der Waals surface area (Å²) < 4.78 is 0.448. The van der Waals surface area contributed by atoms with Crippen LogP contribution in [0.15, 0.2) is 24.3 Å². The number of allylic oxidation sites excluding steroid dienone is 4. The SMILES string of the molecule is [Cl][Hf+]([Cl])[CH]1C=CC=C1.[Hf+4]. The molecular weight excluding hydrogens is 488 g/mol. The van der Waals surface area contributed by atoms with Crippen molar-refractivity contribution in [1.82, 2.24) is 0 Å². The fourth-order valence-corrected chi connectivity index (χ4v) is 4.80. The van der Waals surface area contributed by atoms with E-state index in [9.17, 15) is 0 Å². The first kappa shape index (κ1) is 10.8. The Bertz CT molecular complexity index is 119. The Balaban J connectivity index is 0.000000640. The number of halogens is 2. The summed E-state index contributed by atoms with van der Waals surface area (Å²) in [6.45, 7) is 0. The molecule has 0 aromatic heterocycles. The van der Waals surface area contributed by atoms with Gasteiger partial charge < -0.3 is 0 Å². The van der Waals surface area contributed by atoms with Gasteiger partial charge in [0, 0.05) is 0 Å². The van der Waals surface area contributed by atoms with Crippen molar-refractivity contribution in [2.24, 2.45) is 0 Å². The summed E-state index contributed by atoms with van der Waals surface area (Å²) in [5.74, 6) is 0. The molecule has 1 rings (SSSR count). The zero-order valence-electron chi connectivity index (χ0n) is 4.64. The Kier molecular flexibility index (Phi) is 6.54. The van der Waals surface area contributed by atoms with Gasteiger partial charge in [-0.1, -0.05) is 0 Å². The van der Waals surface area contributed by atoms with Crippen molar-refractivity contribution < 1.29 is 44.9 Å². The molecule has 4 heteroatoms.